The Hall–Kier alpha value is -3.14. The Balaban J connectivity index is 1.91. The van der Waals surface area contributed by atoms with Crippen molar-refractivity contribution in [2.45, 2.75) is 39.0 Å². The normalized spacial score (nSPS) is 15.7. The fraction of sp³-hybridized carbons (Fsp3) is 0.409. The molecule has 0 radical (unpaired) electrons. The van der Waals surface area contributed by atoms with Crippen molar-refractivity contribution in [3.63, 3.8) is 0 Å². The molecule has 1 amide bonds. The Morgan fingerprint density at radius 2 is 1.84 bits per heavy atom. The summed E-state index contributed by atoms with van der Waals surface area (Å²) in [7, 11) is -3.97. The molecule has 1 aliphatic rings. The standard InChI is InChI=1S/C22H27N3O6S/c1-15(2)11-12-24-19-10-5-16(13-20(19)31-14-22(3,4)21(24)26)23-32(29,30)18-8-6-17(7-9-18)25(27)28/h5-10,13,15,23H,11-12,14H2,1-4H3. The summed E-state index contributed by atoms with van der Waals surface area (Å²) >= 11 is 0. The van der Waals surface area contributed by atoms with Crippen LogP contribution in [0.5, 0.6) is 5.75 Å². The first kappa shape index (κ1) is 23.5. The Bertz CT molecular complexity index is 1130. The zero-order valence-electron chi connectivity index (χ0n) is 18.5. The first-order valence-corrected chi connectivity index (χ1v) is 11.7. The van der Waals surface area contributed by atoms with Crippen LogP contribution in [0.1, 0.15) is 34.1 Å². The molecule has 0 atom stereocenters. The number of rotatable bonds is 7. The van der Waals surface area contributed by atoms with E-state index >= 15 is 0 Å². The molecule has 32 heavy (non-hydrogen) atoms. The molecular weight excluding hydrogens is 434 g/mol. The van der Waals surface area contributed by atoms with E-state index in [0.29, 0.717) is 23.9 Å². The summed E-state index contributed by atoms with van der Waals surface area (Å²) in [4.78, 5) is 24.9. The highest BCUT2D eigenvalue weighted by Gasteiger charge is 2.37. The Kier molecular flexibility index (Phi) is 6.45. The molecule has 2 aromatic rings. The van der Waals surface area contributed by atoms with Gasteiger partial charge in [0.1, 0.15) is 12.4 Å². The predicted molar refractivity (Wildman–Crippen MR) is 121 cm³/mol. The van der Waals surface area contributed by atoms with Crippen LogP contribution in [-0.2, 0) is 14.8 Å². The van der Waals surface area contributed by atoms with Crippen molar-refractivity contribution < 1.29 is 22.9 Å². The van der Waals surface area contributed by atoms with Gasteiger partial charge in [0.15, 0.2) is 0 Å². The molecule has 0 unspecified atom stereocenters. The maximum atomic E-state index is 13.1. The number of anilines is 2. The van der Waals surface area contributed by atoms with Crippen molar-refractivity contribution in [1.29, 1.82) is 0 Å². The number of fused-ring (bicyclic) bond motifs is 1. The summed E-state index contributed by atoms with van der Waals surface area (Å²) in [5, 5.41) is 10.8. The lowest BCUT2D eigenvalue weighted by Gasteiger charge is -2.28. The quantitative estimate of drug-likeness (QED) is 0.488. The fourth-order valence-corrected chi connectivity index (χ4v) is 4.33. The van der Waals surface area contributed by atoms with Crippen LogP contribution >= 0.6 is 0 Å². The topological polar surface area (TPSA) is 119 Å². The Morgan fingerprint density at radius 1 is 1.19 bits per heavy atom. The van der Waals surface area contributed by atoms with Gasteiger partial charge in [-0.1, -0.05) is 13.8 Å². The molecule has 9 nitrogen and oxygen atoms in total. The number of carbonyl (C=O) groups excluding carboxylic acids is 1. The van der Waals surface area contributed by atoms with Crippen LogP contribution in [-0.4, -0.2) is 32.4 Å². The predicted octanol–water partition coefficient (Wildman–Crippen LogP) is 4.19. The third kappa shape index (κ3) is 5.01. The van der Waals surface area contributed by atoms with Gasteiger partial charge in [-0.05, 0) is 50.5 Å². The minimum Gasteiger partial charge on any atom is -0.490 e. The van der Waals surface area contributed by atoms with Crippen LogP contribution in [0.15, 0.2) is 47.4 Å². The van der Waals surface area contributed by atoms with E-state index in [9.17, 15) is 23.3 Å². The number of nitro benzene ring substituents is 1. The second-order valence-corrected chi connectivity index (χ2v) is 10.5. The van der Waals surface area contributed by atoms with Gasteiger partial charge in [0.05, 0.1) is 26.6 Å². The van der Waals surface area contributed by atoms with E-state index in [2.05, 4.69) is 18.6 Å². The number of benzene rings is 2. The van der Waals surface area contributed by atoms with E-state index in [-0.39, 0.29) is 28.8 Å². The van der Waals surface area contributed by atoms with Crippen LogP contribution in [0.4, 0.5) is 17.1 Å². The number of hydrogen-bond acceptors (Lipinski definition) is 6. The number of non-ortho nitro benzene ring substituents is 1. The molecule has 3 rings (SSSR count). The summed E-state index contributed by atoms with van der Waals surface area (Å²) in [5.74, 6) is 0.777. The third-order valence-corrected chi connectivity index (χ3v) is 6.60. The number of nitrogens with zero attached hydrogens (tertiary/aromatic N) is 2. The lowest BCUT2D eigenvalue weighted by molar-refractivity contribution is -0.384. The number of amides is 1. The summed E-state index contributed by atoms with van der Waals surface area (Å²) in [6.07, 6.45) is 0.815. The largest absolute Gasteiger partial charge is 0.490 e. The zero-order valence-corrected chi connectivity index (χ0v) is 19.3. The minimum atomic E-state index is -3.97. The van der Waals surface area contributed by atoms with Crippen molar-refractivity contribution >= 4 is 33.0 Å². The van der Waals surface area contributed by atoms with E-state index in [4.69, 9.17) is 4.74 Å². The summed E-state index contributed by atoms with van der Waals surface area (Å²) in [5.41, 5.74) is -0.0669. The van der Waals surface area contributed by atoms with E-state index < -0.39 is 20.4 Å². The Morgan fingerprint density at radius 3 is 2.44 bits per heavy atom. The van der Waals surface area contributed by atoms with Crippen molar-refractivity contribution in [1.82, 2.24) is 0 Å². The van der Waals surface area contributed by atoms with Crippen molar-refractivity contribution in [2.75, 3.05) is 22.8 Å². The average Bonchev–Trinajstić information content (AvgIpc) is 2.81. The van der Waals surface area contributed by atoms with Gasteiger partial charge in [-0.15, -0.1) is 0 Å². The van der Waals surface area contributed by atoms with Crippen LogP contribution < -0.4 is 14.4 Å². The molecule has 1 aliphatic heterocycles. The van der Waals surface area contributed by atoms with Gasteiger partial charge in [0.2, 0.25) is 5.91 Å². The molecule has 0 fully saturated rings. The number of nitrogens with one attached hydrogen (secondary N) is 1. The zero-order chi connectivity index (χ0) is 23.7. The van der Waals surface area contributed by atoms with Gasteiger partial charge < -0.3 is 9.64 Å². The van der Waals surface area contributed by atoms with Gasteiger partial charge in [-0.3, -0.25) is 19.6 Å². The van der Waals surface area contributed by atoms with Gasteiger partial charge in [0.25, 0.3) is 15.7 Å². The van der Waals surface area contributed by atoms with E-state index in [1.807, 2.05) is 13.8 Å². The maximum absolute atomic E-state index is 13.1. The first-order chi connectivity index (χ1) is 14.9. The molecule has 0 saturated carbocycles. The molecule has 1 heterocycles. The minimum absolute atomic E-state index is 0.0453. The molecule has 10 heteroatoms. The highest BCUT2D eigenvalue weighted by Crippen LogP contribution is 2.39. The molecule has 0 bridgehead atoms. The fourth-order valence-electron chi connectivity index (χ4n) is 3.28. The van der Waals surface area contributed by atoms with E-state index in [0.717, 1.165) is 18.6 Å². The third-order valence-electron chi connectivity index (χ3n) is 5.20. The smallest absolute Gasteiger partial charge is 0.269 e. The van der Waals surface area contributed by atoms with Crippen LogP contribution in [0, 0.1) is 21.4 Å². The highest BCUT2D eigenvalue weighted by atomic mass is 32.2. The van der Waals surface area contributed by atoms with E-state index in [1.165, 1.54) is 12.1 Å². The summed E-state index contributed by atoms with van der Waals surface area (Å²) in [6, 6.07) is 9.41. The second kappa shape index (κ2) is 8.78. The van der Waals surface area contributed by atoms with Gasteiger partial charge in [0, 0.05) is 24.7 Å². The molecule has 0 aliphatic carbocycles. The average molecular weight is 462 g/mol. The molecule has 0 aromatic heterocycles. The van der Waals surface area contributed by atoms with Crippen LogP contribution in [0.3, 0.4) is 0 Å². The van der Waals surface area contributed by atoms with Crippen LogP contribution in [0.25, 0.3) is 0 Å². The van der Waals surface area contributed by atoms with Crippen molar-refractivity contribution in [3.8, 4) is 5.75 Å². The summed E-state index contributed by atoms with van der Waals surface area (Å²) in [6.45, 7) is 8.51. The monoisotopic (exact) mass is 461 g/mol. The van der Waals surface area contributed by atoms with E-state index in [1.54, 1.807) is 23.1 Å². The second-order valence-electron chi connectivity index (χ2n) is 8.85. The molecule has 0 saturated heterocycles. The molecule has 0 spiro atoms. The van der Waals surface area contributed by atoms with Crippen LogP contribution in [0.2, 0.25) is 0 Å². The SMILES string of the molecule is CC(C)CCN1C(=O)C(C)(C)COc2cc(NS(=O)(=O)c3ccc([N+](=O)[O-])cc3)ccc21. The van der Waals surface area contributed by atoms with Gasteiger partial charge in [-0.2, -0.15) is 0 Å². The number of nitro groups is 1. The van der Waals surface area contributed by atoms with Gasteiger partial charge in [-0.25, -0.2) is 8.42 Å². The molecule has 1 N–H and O–H groups in total. The molecule has 2 aromatic carbocycles. The lowest BCUT2D eigenvalue weighted by Crippen LogP contribution is -2.42. The molecular formula is C22H27N3O6S. The first-order valence-electron chi connectivity index (χ1n) is 10.3. The van der Waals surface area contributed by atoms with Gasteiger partial charge >= 0.3 is 0 Å². The molecule has 172 valence electrons. The summed E-state index contributed by atoms with van der Waals surface area (Å²) < 4.78 is 33.8. The number of carbonyl (C=O) groups is 1. The highest BCUT2D eigenvalue weighted by molar-refractivity contribution is 7.92. The maximum Gasteiger partial charge on any atom is 0.269 e. The number of sulfonamides is 1. The van der Waals surface area contributed by atoms with Crippen molar-refractivity contribution in [3.05, 3.63) is 52.6 Å². The number of ether oxygens (including phenoxy) is 1. The Labute approximate surface area is 187 Å². The van der Waals surface area contributed by atoms with Crippen molar-refractivity contribution in [2.24, 2.45) is 11.3 Å². The lowest BCUT2D eigenvalue weighted by atomic mass is 9.92. The number of hydrogen-bond donors (Lipinski definition) is 1.